The number of carbonyl (C=O) groups excluding carboxylic acids is 3. The number of imidazole rings is 2. The zero-order valence-electron chi connectivity index (χ0n) is 27.2. The van der Waals surface area contributed by atoms with E-state index in [1.165, 1.54) is 0 Å². The summed E-state index contributed by atoms with van der Waals surface area (Å²) in [5.41, 5.74) is 5.41. The van der Waals surface area contributed by atoms with Gasteiger partial charge in [0, 0.05) is 56.0 Å². The summed E-state index contributed by atoms with van der Waals surface area (Å²) in [7, 11) is 3.69. The minimum Gasteiger partial charge on any atom is -0.444 e. The van der Waals surface area contributed by atoms with Crippen molar-refractivity contribution in [2.75, 3.05) is 11.9 Å². The van der Waals surface area contributed by atoms with Crippen molar-refractivity contribution in [3.8, 4) is 11.1 Å². The van der Waals surface area contributed by atoms with Gasteiger partial charge in [0.15, 0.2) is 11.6 Å². The second-order valence-corrected chi connectivity index (χ2v) is 13.9. The van der Waals surface area contributed by atoms with Crippen molar-refractivity contribution in [2.24, 2.45) is 14.1 Å². The fourth-order valence-electron chi connectivity index (χ4n) is 6.34. The Labute approximate surface area is 284 Å². The molecule has 0 fully saturated rings. The summed E-state index contributed by atoms with van der Waals surface area (Å²) in [4.78, 5) is 50.4. The number of rotatable bonds is 6. The predicted molar refractivity (Wildman–Crippen MR) is 181 cm³/mol. The second kappa shape index (κ2) is 12.8. The highest BCUT2D eigenvalue weighted by Crippen LogP contribution is 2.39. The summed E-state index contributed by atoms with van der Waals surface area (Å²) in [6, 6.07) is 10.8. The van der Waals surface area contributed by atoms with Gasteiger partial charge in [0.25, 0.3) is 5.91 Å². The molecule has 4 aromatic rings. The van der Waals surface area contributed by atoms with Crippen molar-refractivity contribution >= 4 is 46.7 Å². The average Bonchev–Trinajstić information content (AvgIpc) is 3.55. The van der Waals surface area contributed by atoms with E-state index in [2.05, 4.69) is 15.3 Å². The highest BCUT2D eigenvalue weighted by atomic mass is 35.5. The molecule has 1 N–H and O–H groups in total. The van der Waals surface area contributed by atoms with Crippen LogP contribution in [0.5, 0.6) is 0 Å². The van der Waals surface area contributed by atoms with Gasteiger partial charge in [-0.1, -0.05) is 53.5 Å². The summed E-state index contributed by atoms with van der Waals surface area (Å²) >= 11 is 13.8. The van der Waals surface area contributed by atoms with E-state index in [0.717, 1.165) is 42.8 Å². The molecule has 2 aliphatic rings. The average molecular weight is 678 g/mol. The zero-order valence-corrected chi connectivity index (χ0v) is 28.8. The lowest BCUT2D eigenvalue weighted by Gasteiger charge is -2.29. The fraction of sp³-hybridized carbons (Fsp3) is 0.400. The number of nitrogens with one attached hydrogen (secondary N) is 1. The van der Waals surface area contributed by atoms with Crippen molar-refractivity contribution in [3.63, 3.8) is 0 Å². The van der Waals surface area contributed by atoms with E-state index in [0.29, 0.717) is 62.7 Å². The van der Waals surface area contributed by atoms with Crippen LogP contribution in [0.4, 0.5) is 10.5 Å². The maximum Gasteiger partial charge on any atom is 0.410 e. The van der Waals surface area contributed by atoms with Gasteiger partial charge < -0.3 is 24.1 Å². The predicted octanol–water partition coefficient (Wildman–Crippen LogP) is 6.98. The van der Waals surface area contributed by atoms with Gasteiger partial charge in [-0.3, -0.25) is 9.59 Å². The van der Waals surface area contributed by atoms with Crippen molar-refractivity contribution in [1.82, 2.24) is 24.0 Å². The van der Waals surface area contributed by atoms with Gasteiger partial charge in [0.05, 0.1) is 33.7 Å². The number of Topliss-reactive ketones (excluding diaryl/α,β-unsaturated/α-hetero) is 1. The summed E-state index contributed by atoms with van der Waals surface area (Å²) in [6.07, 6.45) is 4.13. The third-order valence-electron chi connectivity index (χ3n) is 8.70. The van der Waals surface area contributed by atoms with E-state index in [1.807, 2.05) is 62.2 Å². The molecule has 0 spiro atoms. The molecule has 1 aliphatic carbocycles. The molecule has 0 saturated carbocycles. The molecule has 2 aromatic carbocycles. The molecule has 1 aliphatic heterocycles. The van der Waals surface area contributed by atoms with E-state index in [4.69, 9.17) is 27.9 Å². The second-order valence-electron chi connectivity index (χ2n) is 13.1. The third-order valence-corrected chi connectivity index (χ3v) is 9.55. The SMILES string of the molecule is Cn1c(C(=O)Cc2cccc(-c3cccc(NC(=O)c4nc5c(n4C)CCCC5)c3Cl)c2Cl)nc2c1CCN(C(=O)OC(C)(C)C)C2. The molecule has 0 bridgehead atoms. The molecule has 10 nitrogen and oxygen atoms in total. The highest BCUT2D eigenvalue weighted by Gasteiger charge is 2.30. The number of hydrogen-bond donors (Lipinski definition) is 1. The quantitative estimate of drug-likeness (QED) is 0.221. The Hall–Kier alpha value is -4.15. The molecule has 12 heteroatoms. The lowest BCUT2D eigenvalue weighted by molar-refractivity contribution is 0.0220. The number of aryl methyl sites for hydroxylation is 1. The summed E-state index contributed by atoms with van der Waals surface area (Å²) in [6.45, 7) is 6.24. The summed E-state index contributed by atoms with van der Waals surface area (Å²) in [5, 5.41) is 3.65. The van der Waals surface area contributed by atoms with Crippen LogP contribution in [0.25, 0.3) is 11.1 Å². The number of fused-ring (bicyclic) bond motifs is 2. The molecule has 2 amide bonds. The Bertz CT molecular complexity index is 1900. The number of anilines is 1. The number of halogens is 2. The maximum absolute atomic E-state index is 13.6. The highest BCUT2D eigenvalue weighted by molar-refractivity contribution is 6.39. The van der Waals surface area contributed by atoms with Crippen molar-refractivity contribution < 1.29 is 19.1 Å². The first kappa shape index (κ1) is 32.8. The molecule has 2 aromatic heterocycles. The van der Waals surface area contributed by atoms with Gasteiger partial charge in [-0.2, -0.15) is 0 Å². The van der Waals surface area contributed by atoms with Crippen LogP contribution in [0, 0.1) is 0 Å². The largest absolute Gasteiger partial charge is 0.444 e. The molecule has 0 radical (unpaired) electrons. The number of hydrogen-bond acceptors (Lipinski definition) is 6. The van der Waals surface area contributed by atoms with Crippen molar-refractivity contribution in [2.45, 2.75) is 71.4 Å². The van der Waals surface area contributed by atoms with Gasteiger partial charge in [-0.15, -0.1) is 0 Å². The number of ether oxygens (including phenoxy) is 1. The first-order chi connectivity index (χ1) is 22.3. The monoisotopic (exact) mass is 676 g/mol. The topological polar surface area (TPSA) is 111 Å². The van der Waals surface area contributed by atoms with Crippen LogP contribution >= 0.6 is 23.2 Å². The van der Waals surface area contributed by atoms with Crippen LogP contribution in [-0.2, 0) is 51.1 Å². The Balaban J connectivity index is 1.20. The normalized spacial score (nSPS) is 14.4. The number of ketones is 1. The molecule has 47 heavy (non-hydrogen) atoms. The van der Waals surface area contributed by atoms with Gasteiger partial charge in [-0.05, 0) is 58.1 Å². The number of nitrogens with zero attached hydrogens (tertiary/aromatic N) is 5. The minimum atomic E-state index is -0.602. The Morgan fingerprint density at radius 3 is 2.21 bits per heavy atom. The van der Waals surface area contributed by atoms with Crippen molar-refractivity contribution in [3.05, 3.63) is 86.4 Å². The summed E-state index contributed by atoms with van der Waals surface area (Å²) < 4.78 is 9.21. The maximum atomic E-state index is 13.6. The van der Waals surface area contributed by atoms with E-state index < -0.39 is 11.7 Å². The Morgan fingerprint density at radius 2 is 1.49 bits per heavy atom. The van der Waals surface area contributed by atoms with E-state index in [9.17, 15) is 14.4 Å². The lowest BCUT2D eigenvalue weighted by atomic mass is 9.99. The van der Waals surface area contributed by atoms with Crippen LogP contribution in [-0.4, -0.2) is 53.9 Å². The first-order valence-electron chi connectivity index (χ1n) is 15.8. The number of benzene rings is 2. The first-order valence-corrected chi connectivity index (χ1v) is 16.6. The molecule has 6 rings (SSSR count). The number of amides is 2. The smallest absolute Gasteiger partial charge is 0.410 e. The zero-order chi connectivity index (χ0) is 33.6. The van der Waals surface area contributed by atoms with Gasteiger partial charge in [-0.25, -0.2) is 14.8 Å². The van der Waals surface area contributed by atoms with Gasteiger partial charge >= 0.3 is 6.09 Å². The third kappa shape index (κ3) is 6.53. The molecule has 0 unspecified atom stereocenters. The molecular weight excluding hydrogens is 639 g/mol. The summed E-state index contributed by atoms with van der Waals surface area (Å²) in [5.74, 6) is 0.125. The van der Waals surface area contributed by atoms with Gasteiger partial charge in [0.1, 0.15) is 5.60 Å². The molecule has 3 heterocycles. The molecular formula is C35H38Cl2N6O4. The standard InChI is InChI=1S/C35H38Cl2N6O4/c1-35(2,3)47-34(46)43-17-16-27-25(19-43)39-31(41(27)4)28(44)18-20-10-8-11-21(29(20)36)22-12-9-14-24(30(22)37)40-33(45)32-38-23-13-6-7-15-26(23)42(32)5/h8-12,14H,6-7,13,15-19H2,1-5H3,(H,40,45). The van der Waals surface area contributed by atoms with Crippen molar-refractivity contribution in [1.29, 1.82) is 0 Å². The Morgan fingerprint density at radius 1 is 0.851 bits per heavy atom. The lowest BCUT2D eigenvalue weighted by Crippen LogP contribution is -2.40. The number of aromatic nitrogens is 4. The fourth-order valence-corrected chi connectivity index (χ4v) is 6.91. The van der Waals surface area contributed by atoms with E-state index in [-0.39, 0.29) is 24.7 Å². The van der Waals surface area contributed by atoms with Crippen LogP contribution in [0.15, 0.2) is 36.4 Å². The van der Waals surface area contributed by atoms with E-state index in [1.54, 1.807) is 23.1 Å². The Kier molecular flexibility index (Phi) is 8.93. The molecule has 0 atom stereocenters. The molecule has 0 saturated heterocycles. The van der Waals surface area contributed by atoms with E-state index >= 15 is 0 Å². The number of carbonyl (C=O) groups is 3. The van der Waals surface area contributed by atoms with Crippen LogP contribution < -0.4 is 5.32 Å². The van der Waals surface area contributed by atoms with Crippen LogP contribution in [0.1, 0.15) is 83.2 Å². The van der Waals surface area contributed by atoms with Crippen LogP contribution in [0.2, 0.25) is 10.0 Å². The van der Waals surface area contributed by atoms with Gasteiger partial charge in [0.2, 0.25) is 5.78 Å². The molecule has 246 valence electrons. The minimum absolute atomic E-state index is 0.0179. The van der Waals surface area contributed by atoms with Crippen LogP contribution in [0.3, 0.4) is 0 Å².